The number of nitrogens with zero attached hydrogens (tertiary/aromatic N) is 1. The van der Waals surface area contributed by atoms with Crippen LogP contribution >= 0.6 is 23.1 Å². The standard InChI is InChI=1S/C23H26N4O4S2/c1-31-15-8-6-14(7-9-15)21(29)25-11-10-24-19(28)13-32-12-18-26-22(30)20-16-4-2-3-5-17(16)33-23(20)27-18/h6-9H,2-5,10-13H2,1H3,(H,24,28)(H,25,29)(H,26,27,30). The minimum Gasteiger partial charge on any atom is -0.497 e. The fourth-order valence-corrected chi connectivity index (χ4v) is 5.79. The van der Waals surface area contributed by atoms with E-state index in [0.29, 0.717) is 36.0 Å². The first-order valence-corrected chi connectivity index (χ1v) is 12.8. The van der Waals surface area contributed by atoms with Crippen molar-refractivity contribution in [1.82, 2.24) is 20.6 Å². The van der Waals surface area contributed by atoms with Gasteiger partial charge in [0.05, 0.1) is 24.0 Å². The summed E-state index contributed by atoms with van der Waals surface area (Å²) < 4.78 is 5.07. The van der Waals surface area contributed by atoms with Crippen molar-refractivity contribution in [2.75, 3.05) is 26.0 Å². The number of H-pyrrole nitrogens is 1. The van der Waals surface area contributed by atoms with Crippen molar-refractivity contribution in [3.05, 3.63) is 56.4 Å². The highest BCUT2D eigenvalue weighted by Gasteiger charge is 2.19. The van der Waals surface area contributed by atoms with Crippen LogP contribution in [0.3, 0.4) is 0 Å². The molecule has 3 N–H and O–H groups in total. The maximum Gasteiger partial charge on any atom is 0.259 e. The van der Waals surface area contributed by atoms with Crippen molar-refractivity contribution in [2.45, 2.75) is 31.4 Å². The maximum absolute atomic E-state index is 12.6. The zero-order valence-electron chi connectivity index (χ0n) is 18.4. The summed E-state index contributed by atoms with van der Waals surface area (Å²) in [6, 6.07) is 6.82. The summed E-state index contributed by atoms with van der Waals surface area (Å²) in [6.45, 7) is 0.666. The number of ether oxygens (including phenoxy) is 1. The lowest BCUT2D eigenvalue weighted by molar-refractivity contribution is -0.118. The van der Waals surface area contributed by atoms with Gasteiger partial charge in [-0.25, -0.2) is 4.98 Å². The number of nitrogens with one attached hydrogen (secondary N) is 3. The van der Waals surface area contributed by atoms with Gasteiger partial charge in [-0.3, -0.25) is 14.4 Å². The number of amides is 2. The maximum atomic E-state index is 12.6. The Kier molecular flexibility index (Phi) is 7.66. The lowest BCUT2D eigenvalue weighted by Crippen LogP contribution is -2.35. The Hall–Kier alpha value is -2.85. The van der Waals surface area contributed by atoms with Crippen molar-refractivity contribution in [2.24, 2.45) is 0 Å². The van der Waals surface area contributed by atoms with Gasteiger partial charge in [-0.05, 0) is 55.5 Å². The average Bonchev–Trinajstić information content (AvgIpc) is 3.20. The average molecular weight is 487 g/mol. The van der Waals surface area contributed by atoms with Gasteiger partial charge in [0.2, 0.25) is 5.91 Å². The Labute approximate surface area is 199 Å². The van der Waals surface area contributed by atoms with E-state index >= 15 is 0 Å². The summed E-state index contributed by atoms with van der Waals surface area (Å²) in [6.07, 6.45) is 4.27. The number of fused-ring (bicyclic) bond motifs is 3. The Morgan fingerprint density at radius 2 is 1.91 bits per heavy atom. The van der Waals surface area contributed by atoms with E-state index in [2.05, 4.69) is 20.6 Å². The predicted octanol–water partition coefficient (Wildman–Crippen LogP) is 2.65. The van der Waals surface area contributed by atoms with Crippen molar-refractivity contribution in [3.63, 3.8) is 0 Å². The van der Waals surface area contributed by atoms with E-state index in [0.717, 1.165) is 29.5 Å². The van der Waals surface area contributed by atoms with Crippen LogP contribution in [-0.4, -0.2) is 47.7 Å². The molecule has 0 saturated carbocycles. The van der Waals surface area contributed by atoms with Crippen LogP contribution < -0.4 is 20.9 Å². The van der Waals surface area contributed by atoms with Crippen LogP contribution in [-0.2, 0) is 23.4 Å². The Morgan fingerprint density at radius 1 is 1.15 bits per heavy atom. The molecule has 8 nitrogen and oxygen atoms in total. The van der Waals surface area contributed by atoms with Gasteiger partial charge in [0.15, 0.2) is 0 Å². The van der Waals surface area contributed by atoms with E-state index in [1.54, 1.807) is 42.7 Å². The third kappa shape index (κ3) is 5.75. The van der Waals surface area contributed by atoms with Gasteiger partial charge in [0, 0.05) is 23.5 Å². The molecule has 2 aromatic heterocycles. The minimum absolute atomic E-state index is 0.0768. The second kappa shape index (κ2) is 10.8. The third-order valence-electron chi connectivity index (χ3n) is 5.43. The monoisotopic (exact) mass is 486 g/mol. The van der Waals surface area contributed by atoms with Gasteiger partial charge >= 0.3 is 0 Å². The van der Waals surface area contributed by atoms with Crippen LogP contribution in [0, 0.1) is 0 Å². The third-order valence-corrected chi connectivity index (χ3v) is 7.56. The van der Waals surface area contributed by atoms with E-state index in [4.69, 9.17) is 4.74 Å². The molecule has 0 aliphatic heterocycles. The van der Waals surface area contributed by atoms with Crippen LogP contribution in [0.2, 0.25) is 0 Å². The summed E-state index contributed by atoms with van der Waals surface area (Å²) >= 11 is 3.02. The first-order chi connectivity index (χ1) is 16.0. The fourth-order valence-electron chi connectivity index (χ4n) is 3.79. The summed E-state index contributed by atoms with van der Waals surface area (Å²) in [5.74, 6) is 1.64. The number of thioether (sulfide) groups is 1. The molecule has 0 spiro atoms. The molecular formula is C23H26N4O4S2. The molecule has 0 saturated heterocycles. The molecule has 2 amide bonds. The number of rotatable bonds is 9. The molecule has 2 heterocycles. The Balaban J connectivity index is 1.19. The van der Waals surface area contributed by atoms with Crippen LogP contribution in [0.25, 0.3) is 10.2 Å². The lowest BCUT2D eigenvalue weighted by Gasteiger charge is -2.09. The van der Waals surface area contributed by atoms with Gasteiger partial charge < -0.3 is 20.4 Å². The van der Waals surface area contributed by atoms with Crippen molar-refractivity contribution >= 4 is 45.1 Å². The molecule has 174 valence electrons. The number of carbonyl (C=O) groups is 2. The minimum atomic E-state index is -0.207. The fraction of sp³-hybridized carbons (Fsp3) is 0.391. The molecule has 0 radical (unpaired) electrons. The molecule has 1 aliphatic rings. The van der Waals surface area contributed by atoms with Gasteiger partial charge in [0.1, 0.15) is 16.4 Å². The molecular weight excluding hydrogens is 460 g/mol. The van der Waals surface area contributed by atoms with Gasteiger partial charge in [0.25, 0.3) is 11.5 Å². The first-order valence-electron chi connectivity index (χ1n) is 10.9. The van der Waals surface area contributed by atoms with E-state index in [1.807, 2.05) is 0 Å². The molecule has 0 unspecified atom stereocenters. The van der Waals surface area contributed by atoms with Crippen LogP contribution in [0.5, 0.6) is 5.75 Å². The zero-order valence-corrected chi connectivity index (χ0v) is 20.0. The molecule has 4 rings (SSSR count). The molecule has 1 aromatic carbocycles. The molecule has 0 bridgehead atoms. The lowest BCUT2D eigenvalue weighted by atomic mass is 9.97. The Morgan fingerprint density at radius 3 is 2.70 bits per heavy atom. The summed E-state index contributed by atoms with van der Waals surface area (Å²) in [7, 11) is 1.57. The van der Waals surface area contributed by atoms with E-state index in [1.165, 1.54) is 28.6 Å². The molecule has 10 heteroatoms. The quantitative estimate of drug-likeness (QED) is 0.401. The van der Waals surface area contributed by atoms with E-state index < -0.39 is 0 Å². The largest absolute Gasteiger partial charge is 0.497 e. The van der Waals surface area contributed by atoms with Gasteiger partial charge in [-0.2, -0.15) is 0 Å². The number of hydrogen-bond donors (Lipinski definition) is 3. The van der Waals surface area contributed by atoms with Gasteiger partial charge in [-0.15, -0.1) is 23.1 Å². The summed E-state index contributed by atoms with van der Waals surface area (Å²) in [5, 5.41) is 6.30. The first kappa shape index (κ1) is 23.3. The molecule has 0 fully saturated rings. The van der Waals surface area contributed by atoms with Gasteiger partial charge in [-0.1, -0.05) is 0 Å². The van der Waals surface area contributed by atoms with Crippen LogP contribution in [0.1, 0.15) is 39.5 Å². The second-order valence-electron chi connectivity index (χ2n) is 7.73. The number of aromatic nitrogens is 2. The summed E-state index contributed by atoms with van der Waals surface area (Å²) in [5.41, 5.74) is 1.63. The number of hydrogen-bond acceptors (Lipinski definition) is 7. The molecule has 0 atom stereocenters. The Bertz CT molecular complexity index is 1200. The molecule has 3 aromatic rings. The molecule has 1 aliphatic carbocycles. The normalized spacial score (nSPS) is 12.9. The number of carbonyl (C=O) groups excluding carboxylic acids is 2. The number of aryl methyl sites for hydroxylation is 2. The SMILES string of the molecule is COc1ccc(C(=O)NCCNC(=O)CSCc2nc3sc4c(c3c(=O)[nH]2)CCCC4)cc1. The van der Waals surface area contributed by atoms with Crippen molar-refractivity contribution < 1.29 is 14.3 Å². The summed E-state index contributed by atoms with van der Waals surface area (Å²) in [4.78, 5) is 46.4. The highest BCUT2D eigenvalue weighted by Crippen LogP contribution is 2.33. The zero-order chi connectivity index (χ0) is 23.2. The number of thiophene rings is 1. The van der Waals surface area contributed by atoms with E-state index in [9.17, 15) is 14.4 Å². The van der Waals surface area contributed by atoms with E-state index in [-0.39, 0.29) is 23.1 Å². The predicted molar refractivity (Wildman–Crippen MR) is 131 cm³/mol. The smallest absolute Gasteiger partial charge is 0.259 e. The highest BCUT2D eigenvalue weighted by molar-refractivity contribution is 7.99. The van der Waals surface area contributed by atoms with Crippen molar-refractivity contribution in [3.8, 4) is 5.75 Å². The highest BCUT2D eigenvalue weighted by atomic mass is 32.2. The second-order valence-corrected chi connectivity index (χ2v) is 9.80. The number of aromatic amines is 1. The number of benzene rings is 1. The van der Waals surface area contributed by atoms with Crippen molar-refractivity contribution in [1.29, 1.82) is 0 Å². The number of methoxy groups -OCH3 is 1. The molecule has 33 heavy (non-hydrogen) atoms. The van der Waals surface area contributed by atoms with Crippen LogP contribution in [0.4, 0.5) is 0 Å². The topological polar surface area (TPSA) is 113 Å². The van der Waals surface area contributed by atoms with Crippen LogP contribution in [0.15, 0.2) is 29.1 Å².